The Morgan fingerprint density at radius 2 is 2.00 bits per heavy atom. The first-order valence-corrected chi connectivity index (χ1v) is 3.81. The highest BCUT2D eigenvalue weighted by molar-refractivity contribution is 5.77. The number of Topliss-reactive ketones (excluding diaryl/α,β-unsaturated/α-hetero) is 1. The summed E-state index contributed by atoms with van der Waals surface area (Å²) < 4.78 is 0. The molecule has 0 heterocycles. The summed E-state index contributed by atoms with van der Waals surface area (Å²) >= 11 is 0. The average molecular weight is 143 g/mol. The van der Waals surface area contributed by atoms with Crippen LogP contribution >= 0.6 is 0 Å². The minimum absolute atomic E-state index is 0.246. The maximum absolute atomic E-state index is 10.7. The van der Waals surface area contributed by atoms with E-state index in [1.165, 1.54) is 0 Å². The summed E-state index contributed by atoms with van der Waals surface area (Å²) in [6, 6.07) is 0.480. The van der Waals surface area contributed by atoms with Gasteiger partial charge >= 0.3 is 0 Å². The molecule has 2 nitrogen and oxygen atoms in total. The van der Waals surface area contributed by atoms with Gasteiger partial charge in [0.05, 0.1) is 6.54 Å². The highest BCUT2D eigenvalue weighted by Gasteiger charge is 2.07. The Kier molecular flexibility index (Phi) is 4.28. The molecule has 0 fully saturated rings. The van der Waals surface area contributed by atoms with Crippen molar-refractivity contribution in [3.8, 4) is 0 Å². The Balaban J connectivity index is 3.71. The van der Waals surface area contributed by atoms with Gasteiger partial charge in [0.15, 0.2) is 0 Å². The second-order valence-corrected chi connectivity index (χ2v) is 2.86. The number of nitrogens with zero attached hydrogens (tertiary/aromatic N) is 1. The van der Waals surface area contributed by atoms with E-state index in [9.17, 15) is 4.79 Å². The molecule has 2 heteroatoms. The van der Waals surface area contributed by atoms with Crippen molar-refractivity contribution in [1.29, 1.82) is 0 Å². The topological polar surface area (TPSA) is 20.3 Å². The lowest BCUT2D eigenvalue weighted by atomic mass is 10.3. The number of carbonyl (C=O) groups is 1. The maximum atomic E-state index is 10.7. The van der Waals surface area contributed by atoms with Crippen LogP contribution in [0.2, 0.25) is 0 Å². The van der Waals surface area contributed by atoms with Crippen LogP contribution in [0.25, 0.3) is 0 Å². The van der Waals surface area contributed by atoms with E-state index in [1.807, 2.05) is 0 Å². The Labute approximate surface area is 63.2 Å². The van der Waals surface area contributed by atoms with Crippen LogP contribution in [0.1, 0.15) is 27.7 Å². The Morgan fingerprint density at radius 3 is 2.10 bits per heavy atom. The smallest absolute Gasteiger partial charge is 0.143 e. The van der Waals surface area contributed by atoms with E-state index in [0.717, 1.165) is 6.54 Å². The summed E-state index contributed by atoms with van der Waals surface area (Å²) in [5.41, 5.74) is 0. The fraction of sp³-hybridized carbons (Fsp3) is 0.875. The molecule has 60 valence electrons. The van der Waals surface area contributed by atoms with Crippen molar-refractivity contribution in [3.05, 3.63) is 0 Å². The van der Waals surface area contributed by atoms with Crippen LogP contribution < -0.4 is 0 Å². The molecule has 0 aromatic heterocycles. The molecule has 0 aliphatic heterocycles. The summed E-state index contributed by atoms with van der Waals surface area (Å²) in [6.07, 6.45) is 0. The summed E-state index contributed by atoms with van der Waals surface area (Å²) in [6.45, 7) is 9.46. The maximum Gasteiger partial charge on any atom is 0.143 e. The van der Waals surface area contributed by atoms with Crippen molar-refractivity contribution in [1.82, 2.24) is 4.90 Å². The number of rotatable bonds is 4. The predicted molar refractivity (Wildman–Crippen MR) is 43.1 cm³/mol. The van der Waals surface area contributed by atoms with Gasteiger partial charge in [0.2, 0.25) is 0 Å². The Morgan fingerprint density at radius 1 is 1.50 bits per heavy atom. The van der Waals surface area contributed by atoms with Gasteiger partial charge in [-0.3, -0.25) is 9.69 Å². The number of hydrogen-bond acceptors (Lipinski definition) is 2. The standard InChI is InChI=1S/C8H17NO/c1-5-9(7(2)3)6-8(4)10/h7H,5-6H2,1-4H3. The van der Waals surface area contributed by atoms with Crippen molar-refractivity contribution in [3.63, 3.8) is 0 Å². The first-order chi connectivity index (χ1) is 4.57. The van der Waals surface area contributed by atoms with Gasteiger partial charge in [-0.15, -0.1) is 0 Å². The molecule has 0 aliphatic carbocycles. The zero-order valence-corrected chi connectivity index (χ0v) is 7.35. The van der Waals surface area contributed by atoms with Crippen LogP contribution in [-0.4, -0.2) is 29.8 Å². The van der Waals surface area contributed by atoms with Gasteiger partial charge in [-0.05, 0) is 27.3 Å². The van der Waals surface area contributed by atoms with Gasteiger partial charge in [0, 0.05) is 6.04 Å². The minimum Gasteiger partial charge on any atom is -0.299 e. The van der Waals surface area contributed by atoms with Gasteiger partial charge in [0.25, 0.3) is 0 Å². The van der Waals surface area contributed by atoms with E-state index in [-0.39, 0.29) is 5.78 Å². The van der Waals surface area contributed by atoms with E-state index in [1.54, 1.807) is 6.92 Å². The van der Waals surface area contributed by atoms with Crippen molar-refractivity contribution in [2.24, 2.45) is 0 Å². The van der Waals surface area contributed by atoms with Gasteiger partial charge < -0.3 is 0 Å². The molecule has 10 heavy (non-hydrogen) atoms. The molecule has 0 aliphatic rings. The number of likely N-dealkylation sites (N-methyl/N-ethyl adjacent to an activating group) is 1. The van der Waals surface area contributed by atoms with Gasteiger partial charge in [-0.1, -0.05) is 6.92 Å². The average Bonchev–Trinajstić information content (AvgIpc) is 1.81. The molecule has 0 aromatic carbocycles. The normalized spacial score (nSPS) is 11.0. The molecular weight excluding hydrogens is 126 g/mol. The van der Waals surface area contributed by atoms with Gasteiger partial charge in [-0.25, -0.2) is 0 Å². The van der Waals surface area contributed by atoms with Crippen LogP contribution in [0.5, 0.6) is 0 Å². The third-order valence-electron chi connectivity index (χ3n) is 1.56. The third kappa shape index (κ3) is 3.62. The molecule has 0 spiro atoms. The minimum atomic E-state index is 0.246. The van der Waals surface area contributed by atoms with E-state index in [2.05, 4.69) is 25.7 Å². The van der Waals surface area contributed by atoms with Crippen LogP contribution in [0.4, 0.5) is 0 Å². The predicted octanol–water partition coefficient (Wildman–Crippen LogP) is 1.31. The summed E-state index contributed by atoms with van der Waals surface area (Å²) in [5, 5.41) is 0. The molecule has 0 aromatic rings. The highest BCUT2D eigenvalue weighted by Crippen LogP contribution is 1.95. The van der Waals surface area contributed by atoms with E-state index >= 15 is 0 Å². The fourth-order valence-electron chi connectivity index (χ4n) is 0.946. The van der Waals surface area contributed by atoms with Gasteiger partial charge in [0.1, 0.15) is 5.78 Å². The fourth-order valence-corrected chi connectivity index (χ4v) is 0.946. The molecular formula is C8H17NO. The van der Waals surface area contributed by atoms with Crippen LogP contribution in [0.3, 0.4) is 0 Å². The van der Waals surface area contributed by atoms with Crippen molar-refractivity contribution in [2.45, 2.75) is 33.7 Å². The summed E-state index contributed by atoms with van der Waals surface area (Å²) in [7, 11) is 0. The van der Waals surface area contributed by atoms with E-state index < -0.39 is 0 Å². The summed E-state index contributed by atoms with van der Waals surface area (Å²) in [5.74, 6) is 0.246. The molecule has 0 amide bonds. The lowest BCUT2D eigenvalue weighted by Crippen LogP contribution is -2.34. The molecule has 0 unspecified atom stereocenters. The first kappa shape index (κ1) is 9.63. The molecule has 0 bridgehead atoms. The molecule has 0 radical (unpaired) electrons. The number of ketones is 1. The van der Waals surface area contributed by atoms with Gasteiger partial charge in [-0.2, -0.15) is 0 Å². The zero-order valence-electron chi connectivity index (χ0n) is 7.35. The molecule has 0 rings (SSSR count). The lowest BCUT2D eigenvalue weighted by molar-refractivity contribution is -0.118. The Hall–Kier alpha value is -0.370. The quantitative estimate of drug-likeness (QED) is 0.591. The van der Waals surface area contributed by atoms with Crippen LogP contribution in [0.15, 0.2) is 0 Å². The zero-order chi connectivity index (χ0) is 8.15. The highest BCUT2D eigenvalue weighted by atomic mass is 16.1. The molecule has 0 saturated carbocycles. The van der Waals surface area contributed by atoms with Crippen LogP contribution in [0, 0.1) is 0 Å². The number of hydrogen-bond donors (Lipinski definition) is 0. The first-order valence-electron chi connectivity index (χ1n) is 3.81. The lowest BCUT2D eigenvalue weighted by Gasteiger charge is -2.22. The largest absolute Gasteiger partial charge is 0.299 e. The molecule has 0 saturated heterocycles. The monoisotopic (exact) mass is 143 g/mol. The Bertz CT molecular complexity index is 110. The second-order valence-electron chi connectivity index (χ2n) is 2.86. The third-order valence-corrected chi connectivity index (χ3v) is 1.56. The molecule has 0 N–H and O–H groups in total. The van der Waals surface area contributed by atoms with Crippen molar-refractivity contribution < 1.29 is 4.79 Å². The van der Waals surface area contributed by atoms with Crippen molar-refractivity contribution in [2.75, 3.05) is 13.1 Å². The van der Waals surface area contributed by atoms with Crippen molar-refractivity contribution >= 4 is 5.78 Å². The number of carbonyl (C=O) groups excluding carboxylic acids is 1. The van der Waals surface area contributed by atoms with E-state index in [4.69, 9.17) is 0 Å². The van der Waals surface area contributed by atoms with E-state index in [0.29, 0.717) is 12.6 Å². The second kappa shape index (κ2) is 4.45. The SMILES string of the molecule is CCN(CC(C)=O)C(C)C. The van der Waals surface area contributed by atoms with Crippen LogP contribution in [-0.2, 0) is 4.79 Å². The summed E-state index contributed by atoms with van der Waals surface area (Å²) in [4.78, 5) is 12.8. The molecule has 0 atom stereocenters.